The van der Waals surface area contributed by atoms with Gasteiger partial charge in [-0.2, -0.15) is 0 Å². The van der Waals surface area contributed by atoms with E-state index in [9.17, 15) is 9.59 Å². The first kappa shape index (κ1) is 25.1. The van der Waals surface area contributed by atoms with Gasteiger partial charge in [-0.05, 0) is 55.0 Å². The molecule has 0 bridgehead atoms. The summed E-state index contributed by atoms with van der Waals surface area (Å²) in [5, 5.41) is 3.75. The summed E-state index contributed by atoms with van der Waals surface area (Å²) in [5.41, 5.74) is 1.92. The van der Waals surface area contributed by atoms with Crippen LogP contribution < -0.4 is 10.1 Å². The molecule has 0 unspecified atom stereocenters. The van der Waals surface area contributed by atoms with Crippen LogP contribution in [0.15, 0.2) is 48.5 Å². The normalized spacial score (nSPS) is 15.2. The van der Waals surface area contributed by atoms with Gasteiger partial charge in [-0.3, -0.25) is 9.59 Å². The molecule has 2 aromatic carbocycles. The first-order valence-electron chi connectivity index (χ1n) is 11.9. The van der Waals surface area contributed by atoms with Crippen molar-refractivity contribution in [2.75, 3.05) is 6.61 Å². The summed E-state index contributed by atoms with van der Waals surface area (Å²) in [4.78, 5) is 28.0. The Morgan fingerprint density at radius 2 is 1.79 bits per heavy atom. The lowest BCUT2D eigenvalue weighted by Crippen LogP contribution is -2.51. The lowest BCUT2D eigenvalue weighted by atomic mass is 9.95. The van der Waals surface area contributed by atoms with Crippen LogP contribution in [0.3, 0.4) is 0 Å². The van der Waals surface area contributed by atoms with Crippen molar-refractivity contribution in [3.05, 3.63) is 64.7 Å². The zero-order valence-electron chi connectivity index (χ0n) is 19.9. The molecule has 6 heteroatoms. The van der Waals surface area contributed by atoms with E-state index in [0.29, 0.717) is 10.8 Å². The molecule has 0 spiro atoms. The van der Waals surface area contributed by atoms with Crippen LogP contribution in [0.5, 0.6) is 5.75 Å². The molecule has 1 saturated carbocycles. The lowest BCUT2D eigenvalue weighted by molar-refractivity contribution is -0.142. The van der Waals surface area contributed by atoms with E-state index in [1.165, 1.54) is 6.42 Å². The molecule has 1 N–H and O–H groups in total. The second kappa shape index (κ2) is 12.1. The van der Waals surface area contributed by atoms with Crippen LogP contribution in [0.25, 0.3) is 0 Å². The highest BCUT2D eigenvalue weighted by Gasteiger charge is 2.28. The van der Waals surface area contributed by atoms with Crippen LogP contribution in [0, 0.1) is 0 Å². The van der Waals surface area contributed by atoms with Crippen molar-refractivity contribution in [2.45, 2.75) is 77.4 Å². The number of nitrogens with zero attached hydrogens (tertiary/aromatic N) is 1. The van der Waals surface area contributed by atoms with Crippen LogP contribution in [0.2, 0.25) is 5.02 Å². The van der Waals surface area contributed by atoms with Crippen LogP contribution in [0.4, 0.5) is 0 Å². The van der Waals surface area contributed by atoms with Gasteiger partial charge in [0, 0.05) is 17.6 Å². The average molecular weight is 471 g/mol. The van der Waals surface area contributed by atoms with Crippen LogP contribution in [-0.2, 0) is 16.1 Å². The van der Waals surface area contributed by atoms with E-state index >= 15 is 0 Å². The topological polar surface area (TPSA) is 58.6 Å². The molecule has 3 rings (SSSR count). The molecular formula is C27H35ClN2O3. The van der Waals surface area contributed by atoms with Crippen LogP contribution in [-0.4, -0.2) is 35.4 Å². The van der Waals surface area contributed by atoms with Gasteiger partial charge in [0.1, 0.15) is 11.8 Å². The summed E-state index contributed by atoms with van der Waals surface area (Å²) in [6, 6.07) is 14.7. The van der Waals surface area contributed by atoms with Crippen molar-refractivity contribution in [3.8, 4) is 5.75 Å². The fourth-order valence-corrected chi connectivity index (χ4v) is 4.51. The first-order valence-corrected chi connectivity index (χ1v) is 12.3. The van der Waals surface area contributed by atoms with Crippen molar-refractivity contribution in [2.24, 2.45) is 0 Å². The Labute approximate surface area is 202 Å². The van der Waals surface area contributed by atoms with Crippen molar-refractivity contribution >= 4 is 23.4 Å². The molecule has 2 amide bonds. The molecule has 1 fully saturated rings. The SMILES string of the molecule is CC(C)c1ccccc1OCC(=O)N(Cc1cccc(Cl)c1)[C@H](C)C(=O)NC1CCCCC1. The number of hydrogen-bond donors (Lipinski definition) is 1. The highest BCUT2D eigenvalue weighted by molar-refractivity contribution is 6.30. The molecule has 178 valence electrons. The Kier molecular flexibility index (Phi) is 9.19. The highest BCUT2D eigenvalue weighted by Crippen LogP contribution is 2.26. The van der Waals surface area contributed by atoms with Crippen LogP contribution in [0.1, 0.15) is 69.9 Å². The Morgan fingerprint density at radius 1 is 1.06 bits per heavy atom. The monoisotopic (exact) mass is 470 g/mol. The summed E-state index contributed by atoms with van der Waals surface area (Å²) < 4.78 is 5.93. The third-order valence-corrected chi connectivity index (χ3v) is 6.49. The number of ether oxygens (including phenoxy) is 1. The summed E-state index contributed by atoms with van der Waals surface area (Å²) in [5.74, 6) is 0.613. The Balaban J connectivity index is 1.74. The number of hydrogen-bond acceptors (Lipinski definition) is 3. The molecule has 0 aliphatic heterocycles. The average Bonchev–Trinajstić information content (AvgIpc) is 2.81. The molecule has 0 heterocycles. The number of para-hydroxylation sites is 1. The molecule has 0 aromatic heterocycles. The predicted molar refractivity (Wildman–Crippen MR) is 133 cm³/mol. The van der Waals surface area contributed by atoms with Crippen molar-refractivity contribution in [3.63, 3.8) is 0 Å². The van der Waals surface area contributed by atoms with Crippen molar-refractivity contribution < 1.29 is 14.3 Å². The Bertz CT molecular complexity index is 940. The minimum atomic E-state index is -0.623. The molecule has 0 saturated heterocycles. The molecule has 1 aliphatic rings. The van der Waals surface area contributed by atoms with E-state index in [0.717, 1.165) is 36.8 Å². The van der Waals surface area contributed by atoms with E-state index in [-0.39, 0.29) is 36.9 Å². The summed E-state index contributed by atoms with van der Waals surface area (Å²) in [7, 11) is 0. The first-order chi connectivity index (χ1) is 15.8. The van der Waals surface area contributed by atoms with Gasteiger partial charge in [0.05, 0.1) is 0 Å². The summed E-state index contributed by atoms with van der Waals surface area (Å²) in [6.07, 6.45) is 5.48. The third-order valence-electron chi connectivity index (χ3n) is 6.25. The molecule has 5 nitrogen and oxygen atoms in total. The van der Waals surface area contributed by atoms with E-state index < -0.39 is 6.04 Å². The number of benzene rings is 2. The summed E-state index contributed by atoms with van der Waals surface area (Å²) >= 11 is 6.16. The Hall–Kier alpha value is -2.53. The smallest absolute Gasteiger partial charge is 0.261 e. The lowest BCUT2D eigenvalue weighted by Gasteiger charge is -2.31. The molecule has 2 aromatic rings. The number of carbonyl (C=O) groups excluding carboxylic acids is 2. The number of amides is 2. The zero-order valence-corrected chi connectivity index (χ0v) is 20.6. The number of carbonyl (C=O) groups is 2. The summed E-state index contributed by atoms with van der Waals surface area (Å²) in [6.45, 7) is 6.11. The number of halogens is 1. The minimum Gasteiger partial charge on any atom is -0.483 e. The highest BCUT2D eigenvalue weighted by atomic mass is 35.5. The van der Waals surface area contributed by atoms with Gasteiger partial charge in [0.2, 0.25) is 5.91 Å². The maximum atomic E-state index is 13.3. The van der Waals surface area contributed by atoms with Gasteiger partial charge in [0.15, 0.2) is 6.61 Å². The zero-order chi connectivity index (χ0) is 23.8. The van der Waals surface area contributed by atoms with Crippen molar-refractivity contribution in [1.82, 2.24) is 10.2 Å². The third kappa shape index (κ3) is 7.23. The molecule has 33 heavy (non-hydrogen) atoms. The fourth-order valence-electron chi connectivity index (χ4n) is 4.29. The second-order valence-electron chi connectivity index (χ2n) is 9.15. The van der Waals surface area contributed by atoms with Gasteiger partial charge < -0.3 is 15.0 Å². The van der Waals surface area contributed by atoms with Gasteiger partial charge in [0.25, 0.3) is 5.91 Å². The van der Waals surface area contributed by atoms with E-state index in [2.05, 4.69) is 19.2 Å². The van der Waals surface area contributed by atoms with E-state index in [1.807, 2.05) is 42.5 Å². The van der Waals surface area contributed by atoms with E-state index in [4.69, 9.17) is 16.3 Å². The molecule has 0 radical (unpaired) electrons. The maximum Gasteiger partial charge on any atom is 0.261 e. The minimum absolute atomic E-state index is 0.125. The Morgan fingerprint density at radius 3 is 2.48 bits per heavy atom. The van der Waals surface area contributed by atoms with E-state index in [1.54, 1.807) is 17.9 Å². The quantitative estimate of drug-likeness (QED) is 0.510. The largest absolute Gasteiger partial charge is 0.483 e. The molecule has 1 atom stereocenters. The van der Waals surface area contributed by atoms with Gasteiger partial charge >= 0.3 is 0 Å². The number of nitrogens with one attached hydrogen (secondary N) is 1. The van der Waals surface area contributed by atoms with Gasteiger partial charge in [-0.25, -0.2) is 0 Å². The molecule has 1 aliphatic carbocycles. The predicted octanol–water partition coefficient (Wildman–Crippen LogP) is 5.71. The van der Waals surface area contributed by atoms with Crippen LogP contribution >= 0.6 is 11.6 Å². The second-order valence-corrected chi connectivity index (χ2v) is 9.59. The maximum absolute atomic E-state index is 13.3. The number of rotatable bonds is 9. The fraction of sp³-hybridized carbons (Fsp3) is 0.481. The van der Waals surface area contributed by atoms with Crippen molar-refractivity contribution in [1.29, 1.82) is 0 Å². The standard InChI is InChI=1S/C27H35ClN2O3/c1-19(2)24-14-7-8-15-25(24)33-18-26(31)30(17-21-10-9-11-22(28)16-21)20(3)27(32)29-23-12-5-4-6-13-23/h7-11,14-16,19-20,23H,4-6,12-13,17-18H2,1-3H3,(H,29,32)/t20-/m1/s1. The van der Waals surface area contributed by atoms with Gasteiger partial charge in [-0.15, -0.1) is 0 Å². The van der Waals surface area contributed by atoms with Gasteiger partial charge in [-0.1, -0.05) is 75.0 Å². The molecular weight excluding hydrogens is 436 g/mol.